The van der Waals surface area contributed by atoms with Crippen molar-refractivity contribution < 1.29 is 4.84 Å². The van der Waals surface area contributed by atoms with Gasteiger partial charge in [0.1, 0.15) is 0 Å². The standard InChI is InChI=1S/C15H17NO/c1-12-3-5-13(6-4-12)11-14-7-9-15(10-8-14)16-17-2/h3-10,16H,11H2,1-2H3. The first kappa shape index (κ1) is 11.7. The van der Waals surface area contributed by atoms with E-state index in [1.807, 2.05) is 12.1 Å². The summed E-state index contributed by atoms with van der Waals surface area (Å²) in [4.78, 5) is 4.85. The van der Waals surface area contributed by atoms with Gasteiger partial charge in [-0.25, -0.2) is 0 Å². The molecule has 2 heteroatoms. The van der Waals surface area contributed by atoms with Crippen LogP contribution in [-0.4, -0.2) is 7.11 Å². The Kier molecular flexibility index (Phi) is 3.78. The van der Waals surface area contributed by atoms with Gasteiger partial charge in [0.05, 0.1) is 12.8 Å². The Balaban J connectivity index is 2.05. The number of rotatable bonds is 4. The number of hydrogen-bond acceptors (Lipinski definition) is 2. The number of hydrogen-bond donors (Lipinski definition) is 1. The molecule has 0 aliphatic rings. The highest BCUT2D eigenvalue weighted by molar-refractivity contribution is 5.43. The summed E-state index contributed by atoms with van der Waals surface area (Å²) >= 11 is 0. The van der Waals surface area contributed by atoms with E-state index in [1.165, 1.54) is 16.7 Å². The molecule has 1 N–H and O–H groups in total. The first-order chi connectivity index (χ1) is 8.28. The maximum Gasteiger partial charge on any atom is 0.0636 e. The molecule has 0 unspecified atom stereocenters. The van der Waals surface area contributed by atoms with Crippen LogP contribution in [0, 0.1) is 6.92 Å². The van der Waals surface area contributed by atoms with Gasteiger partial charge in [-0.3, -0.25) is 10.3 Å². The van der Waals surface area contributed by atoms with Crippen LogP contribution < -0.4 is 5.48 Å². The van der Waals surface area contributed by atoms with Gasteiger partial charge in [0, 0.05) is 0 Å². The van der Waals surface area contributed by atoms with Crippen LogP contribution in [-0.2, 0) is 11.3 Å². The summed E-state index contributed by atoms with van der Waals surface area (Å²) in [6.45, 7) is 2.11. The van der Waals surface area contributed by atoms with Gasteiger partial charge in [0.15, 0.2) is 0 Å². The second-order valence-electron chi connectivity index (χ2n) is 4.17. The molecule has 0 saturated heterocycles. The summed E-state index contributed by atoms with van der Waals surface area (Å²) < 4.78 is 0. The topological polar surface area (TPSA) is 21.3 Å². The Morgan fingerprint density at radius 2 is 1.41 bits per heavy atom. The van der Waals surface area contributed by atoms with Crippen molar-refractivity contribution in [3.8, 4) is 0 Å². The van der Waals surface area contributed by atoms with E-state index < -0.39 is 0 Å². The van der Waals surface area contributed by atoms with E-state index in [4.69, 9.17) is 4.84 Å². The Labute approximate surface area is 102 Å². The van der Waals surface area contributed by atoms with E-state index in [9.17, 15) is 0 Å². The molecule has 0 amide bonds. The zero-order chi connectivity index (χ0) is 12.1. The first-order valence-electron chi connectivity index (χ1n) is 5.71. The first-order valence-corrected chi connectivity index (χ1v) is 5.71. The Morgan fingerprint density at radius 3 is 1.94 bits per heavy atom. The maximum absolute atomic E-state index is 4.85. The van der Waals surface area contributed by atoms with Gasteiger partial charge >= 0.3 is 0 Å². The molecule has 2 rings (SSSR count). The molecule has 0 aliphatic carbocycles. The van der Waals surface area contributed by atoms with Gasteiger partial charge < -0.3 is 0 Å². The quantitative estimate of drug-likeness (QED) is 0.806. The Hall–Kier alpha value is -1.80. The lowest BCUT2D eigenvalue weighted by atomic mass is 10.0. The van der Waals surface area contributed by atoms with Gasteiger partial charge in [0.25, 0.3) is 0 Å². The number of anilines is 1. The van der Waals surface area contributed by atoms with Crippen LogP contribution >= 0.6 is 0 Å². The average Bonchev–Trinajstić information content (AvgIpc) is 2.35. The molecule has 0 radical (unpaired) electrons. The third-order valence-corrected chi connectivity index (χ3v) is 2.70. The zero-order valence-corrected chi connectivity index (χ0v) is 10.2. The lowest BCUT2D eigenvalue weighted by Crippen LogP contribution is -1.95. The molecule has 0 bridgehead atoms. The molecule has 0 fully saturated rings. The van der Waals surface area contributed by atoms with Gasteiger partial charge in [-0.1, -0.05) is 42.0 Å². The van der Waals surface area contributed by atoms with Crippen molar-refractivity contribution >= 4 is 5.69 Å². The van der Waals surface area contributed by atoms with Crippen molar-refractivity contribution in [2.24, 2.45) is 0 Å². The lowest BCUT2D eigenvalue weighted by Gasteiger charge is -2.05. The number of aryl methyl sites for hydroxylation is 1. The summed E-state index contributed by atoms with van der Waals surface area (Å²) in [6.07, 6.45) is 0.966. The summed E-state index contributed by atoms with van der Waals surface area (Å²) in [5.74, 6) is 0. The minimum absolute atomic E-state index is 0.966. The second kappa shape index (κ2) is 5.51. The molecule has 2 aromatic rings. The van der Waals surface area contributed by atoms with E-state index >= 15 is 0 Å². The summed E-state index contributed by atoms with van der Waals surface area (Å²) in [6, 6.07) is 16.9. The van der Waals surface area contributed by atoms with Crippen LogP contribution in [0.4, 0.5) is 5.69 Å². The van der Waals surface area contributed by atoms with E-state index in [2.05, 4.69) is 48.8 Å². The molecule has 0 aromatic heterocycles. The molecule has 0 heterocycles. The van der Waals surface area contributed by atoms with Crippen molar-refractivity contribution in [1.82, 2.24) is 0 Å². The van der Waals surface area contributed by atoms with Crippen molar-refractivity contribution in [2.45, 2.75) is 13.3 Å². The van der Waals surface area contributed by atoms with Gasteiger partial charge in [-0.15, -0.1) is 0 Å². The molecular weight excluding hydrogens is 210 g/mol. The minimum Gasteiger partial charge on any atom is -0.279 e. The highest BCUT2D eigenvalue weighted by Crippen LogP contribution is 2.14. The van der Waals surface area contributed by atoms with Gasteiger partial charge in [-0.2, -0.15) is 0 Å². The minimum atomic E-state index is 0.966. The van der Waals surface area contributed by atoms with Crippen LogP contribution in [0.25, 0.3) is 0 Å². The van der Waals surface area contributed by atoms with Gasteiger partial charge in [-0.05, 0) is 36.6 Å². The SMILES string of the molecule is CONc1ccc(Cc2ccc(C)cc2)cc1. The zero-order valence-electron chi connectivity index (χ0n) is 10.2. The predicted octanol–water partition coefficient (Wildman–Crippen LogP) is 3.56. The van der Waals surface area contributed by atoms with E-state index in [1.54, 1.807) is 7.11 Å². The Bertz CT molecular complexity index is 459. The average molecular weight is 227 g/mol. The fourth-order valence-corrected chi connectivity index (χ4v) is 1.75. The summed E-state index contributed by atoms with van der Waals surface area (Å²) in [5.41, 5.74) is 7.72. The van der Waals surface area contributed by atoms with Crippen molar-refractivity contribution in [1.29, 1.82) is 0 Å². The molecule has 0 saturated carbocycles. The number of benzene rings is 2. The van der Waals surface area contributed by atoms with Crippen LogP contribution in [0.5, 0.6) is 0 Å². The summed E-state index contributed by atoms with van der Waals surface area (Å²) in [7, 11) is 1.61. The van der Waals surface area contributed by atoms with E-state index in [0.29, 0.717) is 0 Å². The van der Waals surface area contributed by atoms with E-state index in [0.717, 1.165) is 12.1 Å². The van der Waals surface area contributed by atoms with Crippen LogP contribution in [0.15, 0.2) is 48.5 Å². The van der Waals surface area contributed by atoms with Crippen molar-refractivity contribution in [3.05, 3.63) is 65.2 Å². The molecule has 88 valence electrons. The lowest BCUT2D eigenvalue weighted by molar-refractivity contribution is 0.271. The van der Waals surface area contributed by atoms with Crippen molar-refractivity contribution in [2.75, 3.05) is 12.6 Å². The molecule has 0 spiro atoms. The maximum atomic E-state index is 4.85. The smallest absolute Gasteiger partial charge is 0.0636 e. The largest absolute Gasteiger partial charge is 0.279 e. The van der Waals surface area contributed by atoms with Crippen LogP contribution in [0.3, 0.4) is 0 Å². The molecule has 0 atom stereocenters. The van der Waals surface area contributed by atoms with E-state index in [-0.39, 0.29) is 0 Å². The van der Waals surface area contributed by atoms with Crippen LogP contribution in [0.2, 0.25) is 0 Å². The fraction of sp³-hybridized carbons (Fsp3) is 0.200. The third kappa shape index (κ3) is 3.33. The normalized spacial score (nSPS) is 10.2. The second-order valence-corrected chi connectivity index (χ2v) is 4.17. The molecule has 2 nitrogen and oxygen atoms in total. The molecule has 17 heavy (non-hydrogen) atoms. The molecule has 2 aromatic carbocycles. The monoisotopic (exact) mass is 227 g/mol. The number of nitrogens with one attached hydrogen (secondary N) is 1. The van der Waals surface area contributed by atoms with Crippen molar-refractivity contribution in [3.63, 3.8) is 0 Å². The Morgan fingerprint density at radius 1 is 0.882 bits per heavy atom. The predicted molar refractivity (Wildman–Crippen MR) is 71.1 cm³/mol. The molecular formula is C15H17NO. The molecule has 0 aliphatic heterocycles. The highest BCUT2D eigenvalue weighted by Gasteiger charge is 1.97. The summed E-state index contributed by atoms with van der Waals surface area (Å²) in [5, 5.41) is 0. The third-order valence-electron chi connectivity index (χ3n) is 2.70. The van der Waals surface area contributed by atoms with Gasteiger partial charge in [0.2, 0.25) is 0 Å². The highest BCUT2D eigenvalue weighted by atomic mass is 16.6. The fourth-order valence-electron chi connectivity index (χ4n) is 1.75. The van der Waals surface area contributed by atoms with Crippen LogP contribution in [0.1, 0.15) is 16.7 Å².